The zero-order chi connectivity index (χ0) is 20.1. The fraction of sp³-hybridized carbons (Fsp3) is 0.167. The molecule has 2 aromatic carbocycles. The van der Waals surface area contributed by atoms with Crippen LogP contribution in [-0.2, 0) is 9.59 Å². The maximum Gasteiger partial charge on any atom is 0.237 e. The van der Waals surface area contributed by atoms with Crippen molar-refractivity contribution in [3.8, 4) is 5.69 Å². The molecule has 0 fully saturated rings. The summed E-state index contributed by atoms with van der Waals surface area (Å²) < 4.78 is 2.47. The summed E-state index contributed by atoms with van der Waals surface area (Å²) in [5.74, 6) is -0.324. The lowest BCUT2D eigenvalue weighted by molar-refractivity contribution is -0.115. The molecule has 0 aliphatic rings. The highest BCUT2D eigenvalue weighted by Gasteiger charge is 2.19. The molecule has 144 valence electrons. The smallest absolute Gasteiger partial charge is 0.237 e. The number of carbonyl (C=O) groups is 2. The van der Waals surface area contributed by atoms with E-state index in [2.05, 4.69) is 42.1 Å². The van der Waals surface area contributed by atoms with Crippen molar-refractivity contribution in [1.29, 1.82) is 0 Å². The lowest BCUT2D eigenvalue weighted by atomic mass is 10.3. The van der Waals surface area contributed by atoms with Gasteiger partial charge in [-0.15, -0.1) is 5.10 Å². The molecule has 0 aliphatic carbocycles. The third-order valence-electron chi connectivity index (χ3n) is 3.62. The molecule has 0 saturated carbocycles. The molecule has 3 rings (SSSR count). The lowest BCUT2D eigenvalue weighted by Gasteiger charge is -2.12. The number of hydrogen-bond donors (Lipinski definition) is 2. The Bertz CT molecular complexity index is 992. The molecule has 0 saturated heterocycles. The standard InChI is InChI=1S/C18H17BrN6O2S/c1-11(17(27)21-14-8-6-13(19)7-9-14)28-18-22-23-24-25(18)16-5-3-4-15(10-16)20-12(2)26/h3-11H,1-2H3,(H,20,26)(H,21,27). The van der Waals surface area contributed by atoms with Crippen LogP contribution >= 0.6 is 27.7 Å². The van der Waals surface area contributed by atoms with Crippen LogP contribution in [0.1, 0.15) is 13.8 Å². The Balaban J connectivity index is 1.72. The number of anilines is 2. The number of benzene rings is 2. The topological polar surface area (TPSA) is 102 Å². The van der Waals surface area contributed by atoms with Gasteiger partial charge in [-0.1, -0.05) is 33.8 Å². The molecule has 2 amide bonds. The van der Waals surface area contributed by atoms with Crippen LogP contribution in [0.5, 0.6) is 0 Å². The molecular formula is C18H17BrN6O2S. The molecule has 28 heavy (non-hydrogen) atoms. The van der Waals surface area contributed by atoms with Gasteiger partial charge in [-0.25, -0.2) is 0 Å². The second-order valence-electron chi connectivity index (χ2n) is 5.86. The first-order valence-corrected chi connectivity index (χ1v) is 9.99. The summed E-state index contributed by atoms with van der Waals surface area (Å²) in [5.41, 5.74) is 2.03. The van der Waals surface area contributed by atoms with E-state index in [1.807, 2.05) is 30.3 Å². The van der Waals surface area contributed by atoms with Crippen LogP contribution in [0.25, 0.3) is 5.69 Å². The molecule has 0 aliphatic heterocycles. The molecule has 10 heteroatoms. The van der Waals surface area contributed by atoms with Gasteiger partial charge < -0.3 is 10.6 Å². The highest BCUT2D eigenvalue weighted by atomic mass is 79.9. The largest absolute Gasteiger partial charge is 0.326 e. The van der Waals surface area contributed by atoms with Gasteiger partial charge in [0.2, 0.25) is 17.0 Å². The number of nitrogens with one attached hydrogen (secondary N) is 2. The molecule has 8 nitrogen and oxygen atoms in total. The van der Waals surface area contributed by atoms with Crippen molar-refractivity contribution in [2.75, 3.05) is 10.6 Å². The van der Waals surface area contributed by atoms with Crippen molar-refractivity contribution < 1.29 is 9.59 Å². The molecule has 0 bridgehead atoms. The summed E-state index contributed by atoms with van der Waals surface area (Å²) in [5, 5.41) is 17.4. The first-order valence-electron chi connectivity index (χ1n) is 8.32. The SMILES string of the molecule is CC(=O)Nc1cccc(-n2nnnc2SC(C)C(=O)Nc2ccc(Br)cc2)c1. The van der Waals surface area contributed by atoms with Crippen molar-refractivity contribution in [2.45, 2.75) is 24.3 Å². The summed E-state index contributed by atoms with van der Waals surface area (Å²) in [7, 11) is 0. The van der Waals surface area contributed by atoms with E-state index in [0.717, 1.165) is 4.47 Å². The first-order chi connectivity index (χ1) is 13.4. The van der Waals surface area contributed by atoms with Gasteiger partial charge in [0.15, 0.2) is 0 Å². The molecule has 0 spiro atoms. The van der Waals surface area contributed by atoms with Gasteiger partial charge in [0.1, 0.15) is 0 Å². The van der Waals surface area contributed by atoms with Gasteiger partial charge in [0.05, 0.1) is 10.9 Å². The second kappa shape index (κ2) is 8.98. The van der Waals surface area contributed by atoms with Crippen molar-refractivity contribution >= 4 is 50.9 Å². The number of thioether (sulfide) groups is 1. The highest BCUT2D eigenvalue weighted by molar-refractivity contribution is 9.10. The number of amides is 2. The van der Waals surface area contributed by atoms with Gasteiger partial charge in [-0.3, -0.25) is 9.59 Å². The van der Waals surface area contributed by atoms with E-state index in [1.165, 1.54) is 23.4 Å². The van der Waals surface area contributed by atoms with Crippen LogP contribution in [0, 0.1) is 0 Å². The van der Waals surface area contributed by atoms with Gasteiger partial charge in [-0.2, -0.15) is 4.68 Å². The molecule has 2 N–H and O–H groups in total. The van der Waals surface area contributed by atoms with E-state index in [1.54, 1.807) is 25.1 Å². The van der Waals surface area contributed by atoms with E-state index in [0.29, 0.717) is 22.2 Å². The van der Waals surface area contributed by atoms with E-state index >= 15 is 0 Å². The fourth-order valence-electron chi connectivity index (χ4n) is 2.32. The zero-order valence-corrected chi connectivity index (χ0v) is 17.5. The number of halogens is 1. The third-order valence-corrected chi connectivity index (χ3v) is 5.18. The van der Waals surface area contributed by atoms with Crippen molar-refractivity contribution in [3.05, 3.63) is 53.0 Å². The molecule has 1 heterocycles. The summed E-state index contributed by atoms with van der Waals surface area (Å²) in [6, 6.07) is 14.5. The Morgan fingerprint density at radius 2 is 1.86 bits per heavy atom. The predicted octanol–water partition coefficient (Wildman–Crippen LogP) is 3.50. The van der Waals surface area contributed by atoms with Crippen LogP contribution in [0.3, 0.4) is 0 Å². The quantitative estimate of drug-likeness (QED) is 0.545. The molecule has 3 aromatic rings. The lowest BCUT2D eigenvalue weighted by Crippen LogP contribution is -2.22. The van der Waals surface area contributed by atoms with E-state index in [-0.39, 0.29) is 11.8 Å². The minimum absolute atomic E-state index is 0.158. The maximum absolute atomic E-state index is 12.5. The summed E-state index contributed by atoms with van der Waals surface area (Å²) in [4.78, 5) is 23.7. The Labute approximate surface area is 174 Å². The number of tetrazole rings is 1. The van der Waals surface area contributed by atoms with Gasteiger partial charge >= 0.3 is 0 Å². The monoisotopic (exact) mass is 460 g/mol. The van der Waals surface area contributed by atoms with Crippen LogP contribution < -0.4 is 10.6 Å². The molecular weight excluding hydrogens is 444 g/mol. The van der Waals surface area contributed by atoms with Crippen molar-refractivity contribution in [3.63, 3.8) is 0 Å². The van der Waals surface area contributed by atoms with E-state index in [9.17, 15) is 9.59 Å². The summed E-state index contributed by atoms with van der Waals surface area (Å²) in [6.07, 6.45) is 0. The first kappa shape index (κ1) is 20.0. The minimum atomic E-state index is -0.424. The molecule has 1 aromatic heterocycles. The number of nitrogens with zero attached hydrogens (tertiary/aromatic N) is 4. The number of rotatable bonds is 6. The van der Waals surface area contributed by atoms with Crippen LogP contribution in [0.4, 0.5) is 11.4 Å². The second-order valence-corrected chi connectivity index (χ2v) is 8.08. The van der Waals surface area contributed by atoms with Crippen LogP contribution in [0.15, 0.2) is 58.2 Å². The Morgan fingerprint density at radius 1 is 1.11 bits per heavy atom. The van der Waals surface area contributed by atoms with Crippen molar-refractivity contribution in [1.82, 2.24) is 20.2 Å². The van der Waals surface area contributed by atoms with Gasteiger partial charge in [0.25, 0.3) is 0 Å². The fourth-order valence-corrected chi connectivity index (χ4v) is 3.39. The van der Waals surface area contributed by atoms with E-state index in [4.69, 9.17) is 0 Å². The molecule has 1 atom stereocenters. The third kappa shape index (κ3) is 5.17. The molecule has 0 radical (unpaired) electrons. The predicted molar refractivity (Wildman–Crippen MR) is 112 cm³/mol. The minimum Gasteiger partial charge on any atom is -0.326 e. The summed E-state index contributed by atoms with van der Waals surface area (Å²) in [6.45, 7) is 3.22. The highest BCUT2D eigenvalue weighted by Crippen LogP contribution is 2.25. The summed E-state index contributed by atoms with van der Waals surface area (Å²) >= 11 is 4.60. The average molecular weight is 461 g/mol. The Morgan fingerprint density at radius 3 is 2.57 bits per heavy atom. The van der Waals surface area contributed by atoms with Crippen LogP contribution in [0.2, 0.25) is 0 Å². The van der Waals surface area contributed by atoms with Gasteiger partial charge in [0, 0.05) is 22.8 Å². The zero-order valence-electron chi connectivity index (χ0n) is 15.1. The maximum atomic E-state index is 12.5. The number of aromatic nitrogens is 4. The van der Waals surface area contributed by atoms with Gasteiger partial charge in [-0.05, 0) is 59.8 Å². The van der Waals surface area contributed by atoms with Crippen molar-refractivity contribution in [2.24, 2.45) is 0 Å². The Hall–Kier alpha value is -2.72. The molecule has 1 unspecified atom stereocenters. The number of hydrogen-bond acceptors (Lipinski definition) is 6. The van der Waals surface area contributed by atoms with E-state index < -0.39 is 5.25 Å². The average Bonchev–Trinajstić information content (AvgIpc) is 3.11. The Kier molecular flexibility index (Phi) is 6.42. The normalized spacial score (nSPS) is 11.7. The number of carbonyl (C=O) groups excluding carboxylic acids is 2. The van der Waals surface area contributed by atoms with Crippen LogP contribution in [-0.4, -0.2) is 37.3 Å².